The van der Waals surface area contributed by atoms with Gasteiger partial charge in [-0.3, -0.25) is 9.59 Å². The Bertz CT molecular complexity index is 1480. The second-order valence-corrected chi connectivity index (χ2v) is 15.5. The molecule has 8 nitrogen and oxygen atoms in total. The lowest BCUT2D eigenvalue weighted by atomic mass is 9.92. The fraction of sp³-hybridized carbons (Fsp3) is 0.571. The summed E-state index contributed by atoms with van der Waals surface area (Å²) in [4.78, 5) is 47.9. The Morgan fingerprint density at radius 3 is 2.50 bits per heavy atom. The Hall–Kier alpha value is -3.34. The SMILES string of the molecule is CC(C)(C)CCN1C(=O)[C@H](CC(=O)N2CCC(N3CCc4ccccc4NC3=O)CC2)SC1c1cccc(F)c1N1CCC(F)C1.[HH].[HH].[HH]. The largest absolute Gasteiger partial charge is 0.366 e. The number of urea groups is 1. The summed E-state index contributed by atoms with van der Waals surface area (Å²) in [7, 11) is 0. The van der Waals surface area contributed by atoms with Crippen molar-refractivity contribution in [2.45, 2.75) is 82.1 Å². The van der Waals surface area contributed by atoms with Gasteiger partial charge < -0.3 is 24.9 Å². The van der Waals surface area contributed by atoms with E-state index < -0.39 is 22.6 Å². The van der Waals surface area contributed by atoms with Gasteiger partial charge in [0.2, 0.25) is 11.8 Å². The van der Waals surface area contributed by atoms with E-state index in [4.69, 9.17) is 0 Å². The number of hydrogen-bond donors (Lipinski definition) is 1. The van der Waals surface area contributed by atoms with Crippen LogP contribution in [-0.2, 0) is 16.0 Å². The molecule has 0 bridgehead atoms. The molecule has 4 aliphatic rings. The number of likely N-dealkylation sites (tertiary alicyclic amines) is 1. The van der Waals surface area contributed by atoms with E-state index in [1.807, 2.05) is 40.1 Å². The number of thioether (sulfide) groups is 1. The number of nitrogens with one attached hydrogen (secondary N) is 1. The van der Waals surface area contributed by atoms with Crippen molar-refractivity contribution in [3.05, 3.63) is 59.4 Å². The number of anilines is 2. The third kappa shape index (κ3) is 6.99. The Labute approximate surface area is 279 Å². The lowest BCUT2D eigenvalue weighted by molar-refractivity contribution is -0.137. The number of carbonyl (C=O) groups is 3. The second-order valence-electron chi connectivity index (χ2n) is 14.2. The predicted octanol–water partition coefficient (Wildman–Crippen LogP) is 6.96. The van der Waals surface area contributed by atoms with Crippen LogP contribution in [0, 0.1) is 11.2 Å². The molecule has 0 aromatic heterocycles. The number of carbonyl (C=O) groups excluding carboxylic acids is 3. The number of amides is 4. The monoisotopic (exact) mass is 659 g/mol. The molecule has 1 N–H and O–H groups in total. The highest BCUT2D eigenvalue weighted by atomic mass is 32.2. The number of piperidine rings is 1. The first-order valence-electron chi connectivity index (χ1n) is 16.5. The average molecular weight is 660 g/mol. The minimum Gasteiger partial charge on any atom is -0.366 e. The molecule has 11 heteroatoms. The molecule has 0 radical (unpaired) electrons. The Kier molecular flexibility index (Phi) is 9.50. The number of para-hydroxylation sites is 2. The van der Waals surface area contributed by atoms with Gasteiger partial charge in [0.25, 0.3) is 0 Å². The summed E-state index contributed by atoms with van der Waals surface area (Å²) in [5, 5.41) is 1.99. The zero-order chi connectivity index (χ0) is 32.6. The van der Waals surface area contributed by atoms with Crippen LogP contribution < -0.4 is 10.2 Å². The van der Waals surface area contributed by atoms with Crippen molar-refractivity contribution in [1.29, 1.82) is 0 Å². The third-order valence-corrected chi connectivity index (χ3v) is 11.2. The number of hydrogen-bond acceptors (Lipinski definition) is 5. The van der Waals surface area contributed by atoms with Gasteiger partial charge in [0.15, 0.2) is 0 Å². The van der Waals surface area contributed by atoms with Gasteiger partial charge in [-0.25, -0.2) is 13.6 Å². The molecule has 2 aromatic carbocycles. The lowest BCUT2D eigenvalue weighted by Gasteiger charge is -2.38. The van der Waals surface area contributed by atoms with E-state index in [2.05, 4.69) is 26.1 Å². The lowest BCUT2D eigenvalue weighted by Crippen LogP contribution is -2.50. The maximum Gasteiger partial charge on any atom is 0.322 e. The van der Waals surface area contributed by atoms with Crippen LogP contribution in [0.25, 0.3) is 0 Å². The summed E-state index contributed by atoms with van der Waals surface area (Å²) in [6, 6.07) is 12.7. The van der Waals surface area contributed by atoms with Crippen molar-refractivity contribution >= 4 is 41.0 Å². The molecule has 4 aliphatic heterocycles. The molecule has 4 heterocycles. The topological polar surface area (TPSA) is 76.2 Å². The third-order valence-electron chi connectivity index (χ3n) is 9.73. The average Bonchev–Trinajstić information content (AvgIpc) is 3.53. The van der Waals surface area contributed by atoms with E-state index in [9.17, 15) is 18.8 Å². The minimum atomic E-state index is -1.01. The van der Waals surface area contributed by atoms with Gasteiger partial charge in [0.05, 0.1) is 10.9 Å². The number of fused-ring (bicyclic) bond motifs is 1. The molecule has 0 aliphatic carbocycles. The zero-order valence-corrected chi connectivity index (χ0v) is 27.8. The smallest absolute Gasteiger partial charge is 0.322 e. The van der Waals surface area contributed by atoms with Gasteiger partial charge in [-0.1, -0.05) is 51.1 Å². The zero-order valence-electron chi connectivity index (χ0n) is 27.0. The van der Waals surface area contributed by atoms with Crippen molar-refractivity contribution in [3.8, 4) is 0 Å². The maximum atomic E-state index is 15.3. The van der Waals surface area contributed by atoms with E-state index in [1.54, 1.807) is 15.9 Å². The molecule has 2 unspecified atom stereocenters. The molecule has 0 saturated carbocycles. The van der Waals surface area contributed by atoms with Gasteiger partial charge in [-0.15, -0.1) is 11.8 Å². The standard InChI is InChI=1S/C35H45F2N5O3S.3H2/c1-35(2,3)15-20-42-32(44)29(46-33(42)26-8-6-9-27(37)31(26)40-16-12-24(36)22-40)21-30(43)39-17-13-25(14-18-39)41-19-11-23-7-4-5-10-28(23)38-34(41)45;;;/h4-10,24-25,29,33H,11-22H2,1-3H3,(H,38,45);3*1H/t24?,29-,33?;;;/m0.../s1. The van der Waals surface area contributed by atoms with Crippen molar-refractivity contribution in [1.82, 2.24) is 14.7 Å². The van der Waals surface area contributed by atoms with Crippen molar-refractivity contribution in [3.63, 3.8) is 0 Å². The van der Waals surface area contributed by atoms with Crippen LogP contribution >= 0.6 is 11.8 Å². The molecule has 254 valence electrons. The van der Waals surface area contributed by atoms with Gasteiger partial charge >= 0.3 is 6.03 Å². The summed E-state index contributed by atoms with van der Waals surface area (Å²) in [5.74, 6) is -0.601. The number of nitrogens with zero attached hydrogens (tertiary/aromatic N) is 4. The van der Waals surface area contributed by atoms with Crippen molar-refractivity contribution in [2.24, 2.45) is 5.41 Å². The molecule has 3 fully saturated rings. The molecule has 4 amide bonds. The first-order chi connectivity index (χ1) is 22.0. The van der Waals surface area contributed by atoms with Crippen LogP contribution in [0.1, 0.15) is 73.7 Å². The van der Waals surface area contributed by atoms with Crippen LogP contribution in [-0.4, -0.2) is 89.3 Å². The Morgan fingerprint density at radius 2 is 1.78 bits per heavy atom. The normalized spacial score (nSPS) is 24.3. The summed E-state index contributed by atoms with van der Waals surface area (Å²) >= 11 is 1.41. The summed E-state index contributed by atoms with van der Waals surface area (Å²) in [6.45, 7) is 9.07. The second kappa shape index (κ2) is 13.4. The van der Waals surface area contributed by atoms with Crippen molar-refractivity contribution in [2.75, 3.05) is 49.5 Å². The minimum absolute atomic E-state index is 0. The summed E-state index contributed by atoms with van der Waals surface area (Å²) < 4.78 is 29.5. The summed E-state index contributed by atoms with van der Waals surface area (Å²) in [5.41, 5.74) is 2.98. The van der Waals surface area contributed by atoms with Gasteiger partial charge in [0, 0.05) is 67.3 Å². The molecule has 3 atom stereocenters. The Balaban J connectivity index is 0.00000217. The first-order valence-corrected chi connectivity index (χ1v) is 17.5. The highest BCUT2D eigenvalue weighted by molar-refractivity contribution is 8.01. The maximum absolute atomic E-state index is 15.3. The van der Waals surface area contributed by atoms with E-state index in [-0.39, 0.29) is 46.5 Å². The predicted molar refractivity (Wildman–Crippen MR) is 184 cm³/mol. The van der Waals surface area contributed by atoms with Gasteiger partial charge in [-0.05, 0) is 55.2 Å². The van der Waals surface area contributed by atoms with E-state index >= 15 is 4.39 Å². The number of alkyl halides is 1. The molecule has 3 saturated heterocycles. The number of benzene rings is 2. The van der Waals surface area contributed by atoms with Crippen LogP contribution in [0.4, 0.5) is 25.0 Å². The van der Waals surface area contributed by atoms with Crippen molar-refractivity contribution < 1.29 is 27.4 Å². The van der Waals surface area contributed by atoms with E-state index in [0.717, 1.165) is 24.1 Å². The fourth-order valence-corrected chi connectivity index (χ4v) is 8.58. The fourth-order valence-electron chi connectivity index (χ4n) is 7.09. The van der Waals surface area contributed by atoms with E-state index in [0.29, 0.717) is 63.2 Å². The van der Waals surface area contributed by atoms with Crippen LogP contribution in [0.3, 0.4) is 0 Å². The van der Waals surface area contributed by atoms with Gasteiger partial charge in [0.1, 0.15) is 17.4 Å². The molecule has 6 rings (SSSR count). The van der Waals surface area contributed by atoms with Gasteiger partial charge in [-0.2, -0.15) is 0 Å². The summed E-state index contributed by atoms with van der Waals surface area (Å²) in [6.07, 6.45) is 2.29. The molecular weight excluding hydrogens is 608 g/mol. The van der Waals surface area contributed by atoms with Crippen LogP contribution in [0.2, 0.25) is 0 Å². The molecule has 2 aromatic rings. The quantitative estimate of drug-likeness (QED) is 0.348. The number of rotatable bonds is 7. The number of halogens is 2. The van der Waals surface area contributed by atoms with Crippen LogP contribution in [0.15, 0.2) is 42.5 Å². The molecule has 0 spiro atoms. The molecule has 46 heavy (non-hydrogen) atoms. The Morgan fingerprint density at radius 1 is 1.02 bits per heavy atom. The highest BCUT2D eigenvalue weighted by Gasteiger charge is 2.45. The van der Waals surface area contributed by atoms with E-state index in [1.165, 1.54) is 17.8 Å². The first kappa shape index (κ1) is 32.6. The highest BCUT2D eigenvalue weighted by Crippen LogP contribution is 2.48. The molecular formula is C35H51F2N5O3S. The van der Waals surface area contributed by atoms with Crippen LogP contribution in [0.5, 0.6) is 0 Å².